The Kier molecular flexibility index (Phi) is 8.55. The molecule has 1 rings (SSSR count). The number of hydrogen-bond acceptors (Lipinski definition) is 3. The molecule has 2 nitrogen and oxygen atoms in total. The molecule has 0 bridgehead atoms. The number of benzene rings is 1. The Morgan fingerprint density at radius 2 is 2.21 bits per heavy atom. The molecular weight excluding hydrogens is 278 g/mol. The van der Waals surface area contributed by atoms with Crippen molar-refractivity contribution in [3.8, 4) is 0 Å². The van der Waals surface area contributed by atoms with Crippen molar-refractivity contribution in [3.63, 3.8) is 0 Å². The number of ether oxygens (including phenoxy) is 1. The van der Waals surface area contributed by atoms with E-state index in [0.717, 1.165) is 36.4 Å². The van der Waals surface area contributed by atoms with E-state index in [1.807, 2.05) is 17.8 Å². The van der Waals surface area contributed by atoms with Crippen LogP contribution < -0.4 is 5.32 Å². The molecule has 0 aliphatic carbocycles. The summed E-state index contributed by atoms with van der Waals surface area (Å²) in [6.07, 6.45) is 1.22. The highest BCUT2D eigenvalue weighted by molar-refractivity contribution is 7.99. The molecule has 0 aliphatic heterocycles. The van der Waals surface area contributed by atoms with E-state index in [1.54, 1.807) is 7.11 Å². The van der Waals surface area contributed by atoms with E-state index < -0.39 is 0 Å². The van der Waals surface area contributed by atoms with E-state index in [2.05, 4.69) is 31.3 Å². The van der Waals surface area contributed by atoms with Gasteiger partial charge in [-0.05, 0) is 23.6 Å². The molecule has 0 aliphatic rings. The van der Waals surface area contributed by atoms with Crippen molar-refractivity contribution in [3.05, 3.63) is 28.8 Å². The van der Waals surface area contributed by atoms with Crippen LogP contribution in [0.3, 0.4) is 0 Å². The lowest BCUT2D eigenvalue weighted by atomic mass is 10.2. The van der Waals surface area contributed by atoms with Gasteiger partial charge >= 0.3 is 0 Å². The topological polar surface area (TPSA) is 21.3 Å². The third-order valence-corrected chi connectivity index (χ3v) is 4.71. The largest absolute Gasteiger partial charge is 0.383 e. The van der Waals surface area contributed by atoms with Gasteiger partial charge in [0.2, 0.25) is 0 Å². The van der Waals surface area contributed by atoms with Crippen molar-refractivity contribution >= 4 is 23.4 Å². The van der Waals surface area contributed by atoms with Crippen LogP contribution in [0.2, 0.25) is 5.02 Å². The molecule has 0 heterocycles. The Morgan fingerprint density at radius 3 is 2.89 bits per heavy atom. The second kappa shape index (κ2) is 9.65. The van der Waals surface area contributed by atoms with Crippen LogP contribution in [-0.2, 0) is 11.3 Å². The lowest BCUT2D eigenvalue weighted by Gasteiger charge is -2.13. The smallest absolute Gasteiger partial charge is 0.0587 e. The molecule has 19 heavy (non-hydrogen) atoms. The highest BCUT2D eigenvalue weighted by Crippen LogP contribution is 2.28. The van der Waals surface area contributed by atoms with Gasteiger partial charge in [-0.1, -0.05) is 37.9 Å². The zero-order valence-electron chi connectivity index (χ0n) is 12.0. The zero-order valence-corrected chi connectivity index (χ0v) is 13.6. The summed E-state index contributed by atoms with van der Waals surface area (Å²) in [6.45, 7) is 6.99. The third-order valence-electron chi connectivity index (χ3n) is 3.05. The first-order valence-electron chi connectivity index (χ1n) is 6.78. The first kappa shape index (κ1) is 16.8. The molecule has 4 heteroatoms. The minimum atomic E-state index is 0.735. The maximum Gasteiger partial charge on any atom is 0.0587 e. The lowest BCUT2D eigenvalue weighted by molar-refractivity contribution is 0.199. The van der Waals surface area contributed by atoms with Gasteiger partial charge in [0.15, 0.2) is 0 Å². The van der Waals surface area contributed by atoms with Crippen LogP contribution in [0, 0.1) is 5.92 Å². The van der Waals surface area contributed by atoms with Crippen molar-refractivity contribution in [2.75, 3.05) is 26.0 Å². The summed E-state index contributed by atoms with van der Waals surface area (Å²) in [5, 5.41) is 4.19. The molecule has 0 saturated carbocycles. The Labute approximate surface area is 126 Å². The predicted octanol–water partition coefficient (Wildman–Crippen LogP) is 4.21. The van der Waals surface area contributed by atoms with Gasteiger partial charge in [-0.25, -0.2) is 0 Å². The predicted molar refractivity (Wildman–Crippen MR) is 85.2 cm³/mol. The van der Waals surface area contributed by atoms with Crippen molar-refractivity contribution < 1.29 is 4.74 Å². The lowest BCUT2D eigenvalue weighted by Crippen LogP contribution is -2.18. The van der Waals surface area contributed by atoms with Gasteiger partial charge in [-0.15, -0.1) is 11.8 Å². The molecule has 1 atom stereocenters. The van der Waals surface area contributed by atoms with Crippen LogP contribution >= 0.6 is 23.4 Å². The molecule has 1 aromatic rings. The molecule has 1 N–H and O–H groups in total. The van der Waals surface area contributed by atoms with Gasteiger partial charge in [0.25, 0.3) is 0 Å². The van der Waals surface area contributed by atoms with E-state index in [0.29, 0.717) is 0 Å². The number of halogens is 1. The maximum atomic E-state index is 6.10. The van der Waals surface area contributed by atoms with Crippen molar-refractivity contribution in [1.82, 2.24) is 5.32 Å². The average Bonchev–Trinajstić information content (AvgIpc) is 2.42. The van der Waals surface area contributed by atoms with Gasteiger partial charge < -0.3 is 10.1 Å². The third kappa shape index (κ3) is 6.66. The zero-order chi connectivity index (χ0) is 14.1. The van der Waals surface area contributed by atoms with Gasteiger partial charge in [0, 0.05) is 35.9 Å². The minimum Gasteiger partial charge on any atom is -0.383 e. The highest BCUT2D eigenvalue weighted by atomic mass is 35.5. The number of methoxy groups -OCH3 is 1. The standard InChI is InChI=1S/C15H24ClNOS/c1-4-12(2)11-19-15-9-14(16)6-5-13(15)10-17-7-8-18-3/h5-6,9,12,17H,4,7-8,10-11H2,1-3H3. The highest BCUT2D eigenvalue weighted by Gasteiger charge is 2.06. The molecular formula is C15H24ClNOS. The van der Waals surface area contributed by atoms with Crippen LogP contribution in [0.25, 0.3) is 0 Å². The van der Waals surface area contributed by atoms with E-state index in [4.69, 9.17) is 16.3 Å². The van der Waals surface area contributed by atoms with E-state index in [9.17, 15) is 0 Å². The summed E-state index contributed by atoms with van der Waals surface area (Å²) in [5.74, 6) is 1.88. The quantitative estimate of drug-likeness (QED) is 0.545. The van der Waals surface area contributed by atoms with Crippen LogP contribution in [0.1, 0.15) is 25.8 Å². The van der Waals surface area contributed by atoms with Gasteiger partial charge in [-0.3, -0.25) is 0 Å². The molecule has 0 saturated heterocycles. The average molecular weight is 302 g/mol. The molecule has 0 spiro atoms. The Hall–Kier alpha value is -0.220. The summed E-state index contributed by atoms with van der Waals surface area (Å²) >= 11 is 8.00. The fourth-order valence-corrected chi connectivity index (χ4v) is 3.03. The monoisotopic (exact) mass is 301 g/mol. The number of rotatable bonds is 9. The number of thioether (sulfide) groups is 1. The van der Waals surface area contributed by atoms with Crippen LogP contribution in [0.15, 0.2) is 23.1 Å². The summed E-state index contributed by atoms with van der Waals surface area (Å²) < 4.78 is 5.03. The Bertz CT molecular complexity index is 373. The molecule has 1 aromatic carbocycles. The normalized spacial score (nSPS) is 12.6. The second-order valence-corrected chi connectivity index (χ2v) is 6.24. The number of hydrogen-bond donors (Lipinski definition) is 1. The minimum absolute atomic E-state index is 0.735. The van der Waals surface area contributed by atoms with Crippen LogP contribution in [0.5, 0.6) is 0 Å². The summed E-state index contributed by atoms with van der Waals surface area (Å²) in [4.78, 5) is 1.29. The molecule has 1 unspecified atom stereocenters. The first-order chi connectivity index (χ1) is 9.17. The molecule has 0 amide bonds. The summed E-state index contributed by atoms with van der Waals surface area (Å²) in [6, 6.07) is 6.14. The van der Waals surface area contributed by atoms with Crippen molar-refractivity contribution in [2.45, 2.75) is 31.7 Å². The number of nitrogens with one attached hydrogen (secondary N) is 1. The van der Waals surface area contributed by atoms with E-state index in [1.165, 1.54) is 16.9 Å². The van der Waals surface area contributed by atoms with E-state index in [-0.39, 0.29) is 0 Å². The van der Waals surface area contributed by atoms with Crippen molar-refractivity contribution in [2.24, 2.45) is 5.92 Å². The fraction of sp³-hybridized carbons (Fsp3) is 0.600. The van der Waals surface area contributed by atoms with Crippen molar-refractivity contribution in [1.29, 1.82) is 0 Å². The van der Waals surface area contributed by atoms with Gasteiger partial charge in [0.05, 0.1) is 6.61 Å². The summed E-state index contributed by atoms with van der Waals surface area (Å²) in [5.41, 5.74) is 1.31. The van der Waals surface area contributed by atoms with E-state index >= 15 is 0 Å². The molecule has 0 aromatic heterocycles. The second-order valence-electron chi connectivity index (χ2n) is 4.75. The summed E-state index contributed by atoms with van der Waals surface area (Å²) in [7, 11) is 1.72. The van der Waals surface area contributed by atoms with Gasteiger partial charge in [-0.2, -0.15) is 0 Å². The van der Waals surface area contributed by atoms with Crippen LogP contribution in [-0.4, -0.2) is 26.0 Å². The molecule has 108 valence electrons. The van der Waals surface area contributed by atoms with Gasteiger partial charge in [0.1, 0.15) is 0 Å². The SMILES string of the molecule is CCC(C)CSc1cc(Cl)ccc1CNCCOC. The van der Waals surface area contributed by atoms with Crippen LogP contribution in [0.4, 0.5) is 0 Å². The first-order valence-corrected chi connectivity index (χ1v) is 8.14. The Balaban J connectivity index is 2.58. The molecule has 0 fully saturated rings. The molecule has 0 radical (unpaired) electrons. The fourth-order valence-electron chi connectivity index (χ4n) is 1.56. The Morgan fingerprint density at radius 1 is 1.42 bits per heavy atom. The maximum absolute atomic E-state index is 6.10.